The number of hydrogen-bond donors (Lipinski definition) is 3. The van der Waals surface area contributed by atoms with Crippen molar-refractivity contribution in [2.24, 2.45) is 5.92 Å². The molecule has 1 saturated carbocycles. The number of benzene rings is 2. The molecule has 5 N–H and O–H groups in total. The van der Waals surface area contributed by atoms with Crippen LogP contribution in [0, 0.1) is 23.1 Å². The maximum absolute atomic E-state index is 15.1. The molecule has 37 heavy (non-hydrogen) atoms. The van der Waals surface area contributed by atoms with Gasteiger partial charge >= 0.3 is 0 Å². The van der Waals surface area contributed by atoms with Gasteiger partial charge in [0, 0.05) is 6.26 Å². The molecular weight excluding hydrogens is 499 g/mol. The zero-order chi connectivity index (χ0) is 26.5. The smallest absolute Gasteiger partial charge is 0.267 e. The molecule has 188 valence electrons. The molecule has 2 aromatic heterocycles. The van der Waals surface area contributed by atoms with Gasteiger partial charge in [-0.25, -0.2) is 17.8 Å². The van der Waals surface area contributed by atoms with Gasteiger partial charge in [0.1, 0.15) is 29.1 Å². The lowest BCUT2D eigenvalue weighted by Crippen LogP contribution is -2.31. The highest BCUT2D eigenvalue weighted by Crippen LogP contribution is 2.43. The largest absolute Gasteiger partial charge is 0.382 e. The van der Waals surface area contributed by atoms with Crippen molar-refractivity contribution in [1.82, 2.24) is 19.5 Å². The Bertz CT molecular complexity index is 1780. The number of nitrogens with two attached hydrogens (primary N) is 2. The molecule has 0 amide bonds. The lowest BCUT2D eigenvalue weighted by molar-refractivity contribution is 0.581. The van der Waals surface area contributed by atoms with Gasteiger partial charge in [0.05, 0.1) is 27.5 Å². The molecule has 2 aromatic carbocycles. The van der Waals surface area contributed by atoms with E-state index in [0.717, 1.165) is 23.7 Å². The number of hydrogen-bond acceptors (Lipinski definition) is 10. The summed E-state index contributed by atoms with van der Waals surface area (Å²) < 4.78 is 41.1. The first kappa shape index (κ1) is 24.1. The fourth-order valence-corrected chi connectivity index (χ4v) is 5.17. The fraction of sp³-hybridized carbons (Fsp3) is 0.208. The number of nitrogens with one attached hydrogen (secondary N) is 1. The third kappa shape index (κ3) is 4.31. The van der Waals surface area contributed by atoms with Gasteiger partial charge in [-0.2, -0.15) is 15.2 Å². The molecule has 0 saturated heterocycles. The molecule has 1 atom stereocenters. The van der Waals surface area contributed by atoms with Crippen LogP contribution in [-0.2, 0) is 9.84 Å². The van der Waals surface area contributed by atoms with Crippen LogP contribution in [0.2, 0.25) is 0 Å². The molecule has 11 nitrogen and oxygen atoms in total. The zero-order valence-electron chi connectivity index (χ0n) is 19.5. The van der Waals surface area contributed by atoms with Gasteiger partial charge in [0.25, 0.3) is 5.56 Å². The average molecular weight is 521 g/mol. The predicted molar refractivity (Wildman–Crippen MR) is 135 cm³/mol. The summed E-state index contributed by atoms with van der Waals surface area (Å²) >= 11 is 0. The zero-order valence-corrected chi connectivity index (χ0v) is 20.3. The highest BCUT2D eigenvalue weighted by Gasteiger charge is 2.37. The van der Waals surface area contributed by atoms with E-state index >= 15 is 4.39 Å². The van der Waals surface area contributed by atoms with Crippen molar-refractivity contribution in [2.75, 3.05) is 23.0 Å². The Morgan fingerprint density at radius 3 is 2.51 bits per heavy atom. The first-order valence-corrected chi connectivity index (χ1v) is 13.1. The Kier molecular flexibility index (Phi) is 5.76. The number of nitrogens with zero attached hydrogens (tertiary/aromatic N) is 5. The maximum Gasteiger partial charge on any atom is 0.267 e. The summed E-state index contributed by atoms with van der Waals surface area (Å²) in [5, 5.41) is 12.6. The second kappa shape index (κ2) is 8.82. The number of para-hydroxylation sites is 1. The summed E-state index contributed by atoms with van der Waals surface area (Å²) in [6, 6.07) is 11.2. The van der Waals surface area contributed by atoms with Crippen LogP contribution in [0.4, 0.5) is 22.0 Å². The summed E-state index contributed by atoms with van der Waals surface area (Å²) in [5.74, 6) is -0.873. The van der Waals surface area contributed by atoms with Crippen LogP contribution < -0.4 is 22.3 Å². The van der Waals surface area contributed by atoms with Gasteiger partial charge in [-0.15, -0.1) is 0 Å². The molecule has 1 aliphatic carbocycles. The number of anilines is 3. The normalized spacial score (nSPS) is 14.3. The molecule has 5 rings (SSSR count). The average Bonchev–Trinajstić information content (AvgIpc) is 3.67. The van der Waals surface area contributed by atoms with Crippen molar-refractivity contribution in [3.05, 3.63) is 70.0 Å². The fourth-order valence-electron chi connectivity index (χ4n) is 4.28. The second-order valence-electron chi connectivity index (χ2n) is 8.75. The Labute approximate surface area is 210 Å². The van der Waals surface area contributed by atoms with Gasteiger partial charge in [0.15, 0.2) is 15.7 Å². The number of halogens is 1. The van der Waals surface area contributed by atoms with E-state index in [1.165, 1.54) is 36.4 Å². The number of aromatic nitrogens is 4. The molecule has 1 aliphatic rings. The van der Waals surface area contributed by atoms with E-state index in [4.69, 9.17) is 11.5 Å². The van der Waals surface area contributed by atoms with Gasteiger partial charge in [-0.1, -0.05) is 18.2 Å². The summed E-state index contributed by atoms with van der Waals surface area (Å²) in [5.41, 5.74) is 10.9. The Morgan fingerprint density at radius 2 is 1.86 bits per heavy atom. The summed E-state index contributed by atoms with van der Waals surface area (Å²) in [4.78, 5) is 26.3. The maximum atomic E-state index is 15.1. The monoisotopic (exact) mass is 520 g/mol. The van der Waals surface area contributed by atoms with Gasteiger partial charge < -0.3 is 16.8 Å². The van der Waals surface area contributed by atoms with Crippen molar-refractivity contribution in [3.8, 4) is 11.8 Å². The van der Waals surface area contributed by atoms with Crippen LogP contribution in [0.3, 0.4) is 0 Å². The van der Waals surface area contributed by atoms with E-state index in [9.17, 15) is 18.5 Å². The molecule has 0 spiro atoms. The van der Waals surface area contributed by atoms with E-state index in [1.54, 1.807) is 6.07 Å². The Balaban J connectivity index is 1.83. The van der Waals surface area contributed by atoms with Crippen LogP contribution in [0.15, 0.2) is 52.2 Å². The summed E-state index contributed by atoms with van der Waals surface area (Å²) in [6.07, 6.45) is 2.50. The van der Waals surface area contributed by atoms with Gasteiger partial charge in [-0.3, -0.25) is 9.36 Å². The SMILES string of the molecule is CS(=O)(=O)c1cccc2nc([C@H](Nc3nc(N)nc(N)c3C#N)C3CC3)n(-c3ccccc3F)c(=O)c12. The third-order valence-corrected chi connectivity index (χ3v) is 7.25. The quantitative estimate of drug-likeness (QED) is 0.341. The number of nitriles is 1. The van der Waals surface area contributed by atoms with Crippen molar-refractivity contribution in [1.29, 1.82) is 5.26 Å². The van der Waals surface area contributed by atoms with E-state index in [2.05, 4.69) is 20.3 Å². The minimum atomic E-state index is -3.81. The van der Waals surface area contributed by atoms with E-state index in [0.29, 0.717) is 0 Å². The highest BCUT2D eigenvalue weighted by molar-refractivity contribution is 7.91. The number of rotatable bonds is 6. The first-order valence-electron chi connectivity index (χ1n) is 11.2. The van der Waals surface area contributed by atoms with E-state index in [-0.39, 0.29) is 56.4 Å². The molecule has 13 heteroatoms. The van der Waals surface area contributed by atoms with Crippen LogP contribution in [0.25, 0.3) is 16.6 Å². The molecule has 2 heterocycles. The molecule has 0 unspecified atom stereocenters. The van der Waals surface area contributed by atoms with Crippen molar-refractivity contribution < 1.29 is 12.8 Å². The lowest BCUT2D eigenvalue weighted by Gasteiger charge is -2.24. The molecule has 0 radical (unpaired) electrons. The van der Waals surface area contributed by atoms with E-state index < -0.39 is 27.3 Å². The molecular formula is C24H21FN8O3S. The first-order chi connectivity index (χ1) is 17.6. The highest BCUT2D eigenvalue weighted by atomic mass is 32.2. The molecule has 4 aromatic rings. The topological polar surface area (TPSA) is 183 Å². The predicted octanol–water partition coefficient (Wildman–Crippen LogP) is 2.32. The summed E-state index contributed by atoms with van der Waals surface area (Å²) in [7, 11) is -3.81. The van der Waals surface area contributed by atoms with Crippen molar-refractivity contribution in [2.45, 2.75) is 23.8 Å². The standard InChI is InChI=1S/C24H21FN8O3S/c1-37(35,36)17-8-4-6-15-18(17)23(34)33(16-7-3-2-5-14(16)25)22(29-15)19(12-9-10-12)30-21-13(11-26)20(27)31-24(28)32-21/h2-8,12,19H,9-10H2,1H3,(H5,27,28,30,31,32)/t19-/m1/s1. The van der Waals surface area contributed by atoms with Crippen LogP contribution in [-0.4, -0.2) is 34.2 Å². The second-order valence-corrected chi connectivity index (χ2v) is 10.7. The van der Waals surface area contributed by atoms with Gasteiger partial charge in [0.2, 0.25) is 5.95 Å². The van der Waals surface area contributed by atoms with Crippen molar-refractivity contribution >= 4 is 38.3 Å². The number of nitrogen functional groups attached to an aromatic ring is 2. The number of fused-ring (bicyclic) bond motifs is 1. The van der Waals surface area contributed by atoms with Gasteiger partial charge in [-0.05, 0) is 43.0 Å². The number of sulfone groups is 1. The minimum Gasteiger partial charge on any atom is -0.382 e. The lowest BCUT2D eigenvalue weighted by atomic mass is 10.1. The van der Waals surface area contributed by atoms with Crippen LogP contribution >= 0.6 is 0 Å². The molecule has 0 aliphatic heterocycles. The molecule has 1 fully saturated rings. The third-order valence-electron chi connectivity index (χ3n) is 6.11. The van der Waals surface area contributed by atoms with E-state index in [1.807, 2.05) is 6.07 Å². The molecule has 0 bridgehead atoms. The summed E-state index contributed by atoms with van der Waals surface area (Å²) in [6.45, 7) is 0. The van der Waals surface area contributed by atoms with Crippen LogP contribution in [0.1, 0.15) is 30.3 Å². The minimum absolute atomic E-state index is 0.0419. The Hall–Kier alpha value is -4.57. The van der Waals surface area contributed by atoms with Crippen molar-refractivity contribution in [3.63, 3.8) is 0 Å². The Morgan fingerprint density at radius 1 is 1.14 bits per heavy atom. The van der Waals surface area contributed by atoms with Crippen LogP contribution in [0.5, 0.6) is 0 Å².